The third-order valence-corrected chi connectivity index (χ3v) is 5.19. The van der Waals surface area contributed by atoms with E-state index in [0.717, 1.165) is 33.3 Å². The van der Waals surface area contributed by atoms with Gasteiger partial charge in [0.25, 0.3) is 0 Å². The fourth-order valence-corrected chi connectivity index (χ4v) is 3.71. The van der Waals surface area contributed by atoms with Crippen LogP contribution in [0.5, 0.6) is 0 Å². The Morgan fingerprint density at radius 3 is 2.73 bits per heavy atom. The minimum absolute atomic E-state index is 0.416. The number of hydrogen-bond acceptors (Lipinski definition) is 4. The van der Waals surface area contributed by atoms with E-state index in [1.807, 2.05) is 19.1 Å². The normalized spacial score (nSPS) is 14.7. The number of benzene rings is 2. The van der Waals surface area contributed by atoms with Crippen LogP contribution in [0.4, 0.5) is 5.82 Å². The standard InChI is InChI=1S/C21H22N4O/c1-13-6-7-15(20(22)26)11-19(13)14-8-9-18-16(10-14)12-23-25-21(18)24-17-4-2-3-5-17/h6-12,17H,2-5H2,1H3,(H2,22,26)(H,24,25). The molecule has 0 spiro atoms. The highest BCUT2D eigenvalue weighted by molar-refractivity contribution is 5.96. The van der Waals surface area contributed by atoms with Crippen LogP contribution in [0.25, 0.3) is 21.9 Å². The number of aryl methyl sites for hydroxylation is 1. The van der Waals surface area contributed by atoms with E-state index in [9.17, 15) is 4.79 Å². The molecule has 5 heteroatoms. The number of nitrogens with two attached hydrogens (primary N) is 1. The lowest BCUT2D eigenvalue weighted by Crippen LogP contribution is -2.16. The maximum absolute atomic E-state index is 11.5. The molecule has 4 rings (SSSR count). The number of aromatic nitrogens is 2. The molecule has 0 unspecified atom stereocenters. The van der Waals surface area contributed by atoms with Crippen molar-refractivity contribution in [3.63, 3.8) is 0 Å². The van der Waals surface area contributed by atoms with E-state index in [1.54, 1.807) is 12.3 Å². The molecule has 26 heavy (non-hydrogen) atoms. The summed E-state index contributed by atoms with van der Waals surface area (Å²) in [6.45, 7) is 2.03. The molecule has 0 atom stereocenters. The Morgan fingerprint density at radius 2 is 1.96 bits per heavy atom. The Balaban J connectivity index is 1.74. The zero-order valence-corrected chi connectivity index (χ0v) is 14.8. The molecule has 0 aliphatic heterocycles. The molecule has 1 fully saturated rings. The van der Waals surface area contributed by atoms with Gasteiger partial charge in [-0.05, 0) is 60.7 Å². The van der Waals surface area contributed by atoms with Crippen molar-refractivity contribution in [1.29, 1.82) is 0 Å². The van der Waals surface area contributed by atoms with E-state index in [-0.39, 0.29) is 0 Å². The van der Waals surface area contributed by atoms with Crippen LogP contribution in [0, 0.1) is 6.92 Å². The molecule has 3 aromatic rings. The van der Waals surface area contributed by atoms with E-state index < -0.39 is 5.91 Å². The highest BCUT2D eigenvalue weighted by Crippen LogP contribution is 2.31. The van der Waals surface area contributed by atoms with Gasteiger partial charge in [-0.25, -0.2) is 0 Å². The number of hydrogen-bond donors (Lipinski definition) is 2. The molecule has 1 aliphatic carbocycles. The first kappa shape index (κ1) is 16.5. The van der Waals surface area contributed by atoms with E-state index in [0.29, 0.717) is 11.6 Å². The number of anilines is 1. The molecule has 3 N–H and O–H groups in total. The van der Waals surface area contributed by atoms with Crippen molar-refractivity contribution in [3.8, 4) is 11.1 Å². The van der Waals surface area contributed by atoms with Crippen molar-refractivity contribution in [2.24, 2.45) is 5.73 Å². The van der Waals surface area contributed by atoms with E-state index in [2.05, 4.69) is 33.7 Å². The molecule has 1 heterocycles. The molecule has 132 valence electrons. The van der Waals surface area contributed by atoms with Gasteiger partial charge in [0.1, 0.15) is 0 Å². The zero-order chi connectivity index (χ0) is 18.1. The molecule has 0 radical (unpaired) electrons. The Labute approximate surface area is 152 Å². The van der Waals surface area contributed by atoms with Crippen LogP contribution in [-0.2, 0) is 0 Å². The summed E-state index contributed by atoms with van der Waals surface area (Å²) in [5.41, 5.74) is 9.09. The van der Waals surface area contributed by atoms with E-state index in [4.69, 9.17) is 5.73 Å². The van der Waals surface area contributed by atoms with Crippen LogP contribution in [0.1, 0.15) is 41.6 Å². The van der Waals surface area contributed by atoms with Crippen LogP contribution >= 0.6 is 0 Å². The molecule has 1 saturated carbocycles. The minimum atomic E-state index is -0.416. The lowest BCUT2D eigenvalue weighted by atomic mass is 9.96. The Hall–Kier alpha value is -2.95. The fourth-order valence-electron chi connectivity index (χ4n) is 3.71. The zero-order valence-electron chi connectivity index (χ0n) is 14.8. The number of rotatable bonds is 4. The van der Waals surface area contributed by atoms with Crippen molar-refractivity contribution >= 4 is 22.5 Å². The summed E-state index contributed by atoms with van der Waals surface area (Å²) in [7, 11) is 0. The van der Waals surface area contributed by atoms with Crippen LogP contribution < -0.4 is 11.1 Å². The summed E-state index contributed by atoms with van der Waals surface area (Å²) < 4.78 is 0. The molecule has 1 aliphatic rings. The maximum Gasteiger partial charge on any atom is 0.248 e. The summed E-state index contributed by atoms with van der Waals surface area (Å²) in [6, 6.07) is 12.3. The van der Waals surface area contributed by atoms with Crippen molar-refractivity contribution in [2.75, 3.05) is 5.32 Å². The summed E-state index contributed by atoms with van der Waals surface area (Å²) in [5, 5.41) is 14.1. The number of carbonyl (C=O) groups is 1. The van der Waals surface area contributed by atoms with Gasteiger partial charge in [0.2, 0.25) is 5.91 Å². The highest BCUT2D eigenvalue weighted by Gasteiger charge is 2.17. The van der Waals surface area contributed by atoms with E-state index >= 15 is 0 Å². The number of amides is 1. The molecule has 0 saturated heterocycles. The van der Waals surface area contributed by atoms with Crippen molar-refractivity contribution in [2.45, 2.75) is 38.6 Å². The lowest BCUT2D eigenvalue weighted by Gasteiger charge is -2.14. The number of primary amides is 1. The van der Waals surface area contributed by atoms with Crippen LogP contribution in [0.3, 0.4) is 0 Å². The fraction of sp³-hybridized carbons (Fsp3) is 0.286. The van der Waals surface area contributed by atoms with Crippen LogP contribution in [0.2, 0.25) is 0 Å². The summed E-state index contributed by atoms with van der Waals surface area (Å²) >= 11 is 0. The Kier molecular flexibility index (Phi) is 4.29. The van der Waals surface area contributed by atoms with Gasteiger partial charge in [-0.15, -0.1) is 5.10 Å². The average molecular weight is 346 g/mol. The van der Waals surface area contributed by atoms with E-state index in [1.165, 1.54) is 25.7 Å². The summed E-state index contributed by atoms with van der Waals surface area (Å²) in [6.07, 6.45) is 6.71. The van der Waals surface area contributed by atoms with Gasteiger partial charge in [0.15, 0.2) is 5.82 Å². The van der Waals surface area contributed by atoms with Gasteiger partial charge < -0.3 is 11.1 Å². The molecular formula is C21H22N4O. The van der Waals surface area contributed by atoms with Gasteiger partial charge in [-0.2, -0.15) is 5.10 Å². The van der Waals surface area contributed by atoms with Crippen molar-refractivity contribution in [1.82, 2.24) is 10.2 Å². The number of fused-ring (bicyclic) bond motifs is 1. The van der Waals surface area contributed by atoms with Gasteiger partial charge in [-0.1, -0.05) is 25.0 Å². The van der Waals surface area contributed by atoms with Gasteiger partial charge in [0.05, 0.1) is 6.20 Å². The summed E-state index contributed by atoms with van der Waals surface area (Å²) in [4.78, 5) is 11.5. The monoisotopic (exact) mass is 346 g/mol. The first-order valence-corrected chi connectivity index (χ1v) is 9.04. The highest BCUT2D eigenvalue weighted by atomic mass is 16.1. The van der Waals surface area contributed by atoms with Gasteiger partial charge >= 0.3 is 0 Å². The minimum Gasteiger partial charge on any atom is -0.366 e. The first-order chi connectivity index (χ1) is 12.6. The van der Waals surface area contributed by atoms with Gasteiger partial charge in [0, 0.05) is 22.4 Å². The smallest absolute Gasteiger partial charge is 0.248 e. The largest absolute Gasteiger partial charge is 0.366 e. The number of carbonyl (C=O) groups excluding carboxylic acids is 1. The second kappa shape index (κ2) is 6.75. The molecule has 0 bridgehead atoms. The van der Waals surface area contributed by atoms with Crippen LogP contribution in [0.15, 0.2) is 42.6 Å². The molecular weight excluding hydrogens is 324 g/mol. The topological polar surface area (TPSA) is 80.9 Å². The molecule has 1 amide bonds. The Bertz CT molecular complexity index is 977. The number of nitrogens with one attached hydrogen (secondary N) is 1. The second-order valence-electron chi connectivity index (χ2n) is 7.01. The Morgan fingerprint density at radius 1 is 1.15 bits per heavy atom. The molecule has 2 aromatic carbocycles. The average Bonchev–Trinajstić information content (AvgIpc) is 3.15. The predicted molar refractivity (Wildman–Crippen MR) is 104 cm³/mol. The van der Waals surface area contributed by atoms with Crippen molar-refractivity contribution in [3.05, 3.63) is 53.7 Å². The molecule has 5 nitrogen and oxygen atoms in total. The molecule has 1 aromatic heterocycles. The first-order valence-electron chi connectivity index (χ1n) is 9.04. The third-order valence-electron chi connectivity index (χ3n) is 5.19. The maximum atomic E-state index is 11.5. The van der Waals surface area contributed by atoms with Crippen LogP contribution in [-0.4, -0.2) is 22.1 Å². The third kappa shape index (κ3) is 3.12. The van der Waals surface area contributed by atoms with Gasteiger partial charge in [-0.3, -0.25) is 4.79 Å². The quantitative estimate of drug-likeness (QED) is 0.746. The second-order valence-corrected chi connectivity index (χ2v) is 7.01. The van der Waals surface area contributed by atoms with Crippen molar-refractivity contribution < 1.29 is 4.79 Å². The summed E-state index contributed by atoms with van der Waals surface area (Å²) in [5.74, 6) is 0.435. The number of nitrogens with zero attached hydrogens (tertiary/aromatic N) is 2. The lowest BCUT2D eigenvalue weighted by molar-refractivity contribution is 0.100. The predicted octanol–water partition coefficient (Wildman–Crippen LogP) is 4.06. The SMILES string of the molecule is Cc1ccc(C(N)=O)cc1-c1ccc2c(NC3CCCC3)nncc2c1.